The molecular formula is C13H17NO2. The van der Waals surface area contributed by atoms with Crippen LogP contribution in [0.25, 0.3) is 0 Å². The highest BCUT2D eigenvalue weighted by Gasteiger charge is 2.22. The lowest BCUT2D eigenvalue weighted by atomic mass is 10.1. The van der Waals surface area contributed by atoms with Gasteiger partial charge in [0.2, 0.25) is 0 Å². The monoisotopic (exact) mass is 219 g/mol. The van der Waals surface area contributed by atoms with Gasteiger partial charge in [-0.05, 0) is 24.8 Å². The van der Waals surface area contributed by atoms with E-state index in [1.807, 2.05) is 35.4 Å². The van der Waals surface area contributed by atoms with Crippen molar-refractivity contribution in [1.29, 1.82) is 0 Å². The van der Waals surface area contributed by atoms with Crippen molar-refractivity contribution >= 4 is 6.29 Å². The Morgan fingerprint density at radius 3 is 2.88 bits per heavy atom. The molecule has 1 aromatic rings. The number of piperidine rings is 1. The van der Waals surface area contributed by atoms with Crippen molar-refractivity contribution in [1.82, 2.24) is 5.06 Å². The van der Waals surface area contributed by atoms with Gasteiger partial charge in [0.15, 0.2) is 0 Å². The van der Waals surface area contributed by atoms with E-state index in [2.05, 4.69) is 0 Å². The first-order valence-electron chi connectivity index (χ1n) is 5.79. The Kier molecular flexibility index (Phi) is 4.08. The Hall–Kier alpha value is -1.19. The molecule has 0 radical (unpaired) electrons. The predicted octanol–water partition coefficient (Wildman–Crippen LogP) is 2.17. The molecule has 1 atom stereocenters. The van der Waals surface area contributed by atoms with E-state index in [4.69, 9.17) is 4.84 Å². The summed E-state index contributed by atoms with van der Waals surface area (Å²) in [6, 6.07) is 9.97. The Bertz CT molecular complexity index is 326. The van der Waals surface area contributed by atoms with E-state index in [1.54, 1.807) is 0 Å². The average Bonchev–Trinajstić information content (AvgIpc) is 2.38. The van der Waals surface area contributed by atoms with E-state index in [0.29, 0.717) is 6.61 Å². The number of hydrogen-bond donors (Lipinski definition) is 0. The third-order valence-electron chi connectivity index (χ3n) is 2.90. The highest BCUT2D eigenvalue weighted by molar-refractivity contribution is 5.57. The van der Waals surface area contributed by atoms with Crippen molar-refractivity contribution in [2.45, 2.75) is 31.9 Å². The molecule has 3 nitrogen and oxygen atoms in total. The summed E-state index contributed by atoms with van der Waals surface area (Å²) in [4.78, 5) is 16.5. The van der Waals surface area contributed by atoms with Crippen molar-refractivity contribution in [2.24, 2.45) is 0 Å². The zero-order valence-corrected chi connectivity index (χ0v) is 9.34. The number of benzene rings is 1. The van der Waals surface area contributed by atoms with Crippen LogP contribution in [0.15, 0.2) is 30.3 Å². The van der Waals surface area contributed by atoms with Crippen LogP contribution in [0.4, 0.5) is 0 Å². The maximum absolute atomic E-state index is 10.9. The molecule has 0 spiro atoms. The summed E-state index contributed by atoms with van der Waals surface area (Å²) in [6.07, 6.45) is 4.14. The zero-order chi connectivity index (χ0) is 11.2. The molecule has 1 aliphatic heterocycles. The van der Waals surface area contributed by atoms with Crippen LogP contribution >= 0.6 is 0 Å². The summed E-state index contributed by atoms with van der Waals surface area (Å²) in [7, 11) is 0. The van der Waals surface area contributed by atoms with Crippen LogP contribution in [0.1, 0.15) is 24.8 Å². The van der Waals surface area contributed by atoms with E-state index in [1.165, 1.54) is 0 Å². The molecule has 1 unspecified atom stereocenters. The molecule has 0 amide bonds. The van der Waals surface area contributed by atoms with Crippen LogP contribution in [-0.2, 0) is 16.2 Å². The van der Waals surface area contributed by atoms with Gasteiger partial charge in [0, 0.05) is 6.54 Å². The largest absolute Gasteiger partial charge is 0.302 e. The highest BCUT2D eigenvalue weighted by Crippen LogP contribution is 2.16. The van der Waals surface area contributed by atoms with E-state index >= 15 is 0 Å². The summed E-state index contributed by atoms with van der Waals surface area (Å²) in [5.74, 6) is 0. The summed E-state index contributed by atoms with van der Waals surface area (Å²) < 4.78 is 0. The molecule has 3 heteroatoms. The van der Waals surface area contributed by atoms with E-state index in [9.17, 15) is 4.79 Å². The van der Waals surface area contributed by atoms with Gasteiger partial charge in [-0.2, -0.15) is 5.06 Å². The third-order valence-corrected chi connectivity index (χ3v) is 2.90. The highest BCUT2D eigenvalue weighted by atomic mass is 16.7. The molecule has 0 N–H and O–H groups in total. The molecule has 1 saturated heterocycles. The van der Waals surface area contributed by atoms with Gasteiger partial charge >= 0.3 is 0 Å². The normalized spacial score (nSPS) is 21.9. The number of hydrogen-bond acceptors (Lipinski definition) is 3. The van der Waals surface area contributed by atoms with Crippen LogP contribution in [-0.4, -0.2) is 23.9 Å². The Balaban J connectivity index is 1.86. The van der Waals surface area contributed by atoms with Gasteiger partial charge in [0.1, 0.15) is 6.29 Å². The van der Waals surface area contributed by atoms with Crippen molar-refractivity contribution in [3.8, 4) is 0 Å². The number of hydroxylamine groups is 2. The molecule has 1 fully saturated rings. The van der Waals surface area contributed by atoms with Gasteiger partial charge in [-0.3, -0.25) is 4.84 Å². The maximum atomic E-state index is 10.9. The van der Waals surface area contributed by atoms with Gasteiger partial charge in [-0.25, -0.2) is 0 Å². The maximum Gasteiger partial charge on any atom is 0.139 e. The van der Waals surface area contributed by atoms with E-state index < -0.39 is 0 Å². The molecule has 0 aliphatic carbocycles. The first-order chi connectivity index (χ1) is 7.90. The number of aldehydes is 1. The zero-order valence-electron chi connectivity index (χ0n) is 9.34. The minimum atomic E-state index is -0.0579. The van der Waals surface area contributed by atoms with E-state index in [-0.39, 0.29) is 6.04 Å². The molecule has 0 saturated carbocycles. The van der Waals surface area contributed by atoms with Crippen molar-refractivity contribution in [3.63, 3.8) is 0 Å². The first kappa shape index (κ1) is 11.3. The van der Waals surface area contributed by atoms with Crippen LogP contribution in [0.3, 0.4) is 0 Å². The SMILES string of the molecule is O=CC1CCCCN1OCc1ccccc1. The fourth-order valence-electron chi connectivity index (χ4n) is 1.96. The van der Waals surface area contributed by atoms with Crippen LogP contribution in [0, 0.1) is 0 Å². The van der Waals surface area contributed by atoms with Gasteiger partial charge in [-0.1, -0.05) is 30.3 Å². The molecule has 0 bridgehead atoms. The molecule has 0 aromatic heterocycles. The summed E-state index contributed by atoms with van der Waals surface area (Å²) >= 11 is 0. The Morgan fingerprint density at radius 2 is 2.12 bits per heavy atom. The standard InChI is InChI=1S/C13H17NO2/c15-10-13-8-4-5-9-14(13)16-11-12-6-2-1-3-7-12/h1-3,6-7,10,13H,4-5,8-9,11H2. The molecule has 1 heterocycles. The lowest BCUT2D eigenvalue weighted by Crippen LogP contribution is -2.40. The van der Waals surface area contributed by atoms with Gasteiger partial charge in [0.05, 0.1) is 12.6 Å². The minimum Gasteiger partial charge on any atom is -0.302 e. The fraction of sp³-hybridized carbons (Fsp3) is 0.462. The molecular weight excluding hydrogens is 202 g/mol. The molecule has 2 rings (SSSR count). The van der Waals surface area contributed by atoms with Crippen LogP contribution < -0.4 is 0 Å². The van der Waals surface area contributed by atoms with Gasteiger partial charge < -0.3 is 4.79 Å². The Morgan fingerprint density at radius 1 is 1.31 bits per heavy atom. The number of rotatable bonds is 4. The van der Waals surface area contributed by atoms with Crippen LogP contribution in [0.5, 0.6) is 0 Å². The Labute approximate surface area is 96.0 Å². The third kappa shape index (κ3) is 2.90. The number of carbonyl (C=O) groups excluding carboxylic acids is 1. The summed E-state index contributed by atoms with van der Waals surface area (Å²) in [5.41, 5.74) is 1.14. The lowest BCUT2D eigenvalue weighted by molar-refractivity contribution is -0.202. The summed E-state index contributed by atoms with van der Waals surface area (Å²) in [5, 5.41) is 1.82. The second kappa shape index (κ2) is 5.77. The second-order valence-corrected chi connectivity index (χ2v) is 4.10. The average molecular weight is 219 g/mol. The lowest BCUT2D eigenvalue weighted by Gasteiger charge is -2.31. The van der Waals surface area contributed by atoms with Gasteiger partial charge in [-0.15, -0.1) is 0 Å². The minimum absolute atomic E-state index is 0.0579. The molecule has 16 heavy (non-hydrogen) atoms. The first-order valence-corrected chi connectivity index (χ1v) is 5.79. The van der Waals surface area contributed by atoms with Crippen molar-refractivity contribution in [3.05, 3.63) is 35.9 Å². The topological polar surface area (TPSA) is 29.5 Å². The smallest absolute Gasteiger partial charge is 0.139 e. The molecule has 86 valence electrons. The summed E-state index contributed by atoms with van der Waals surface area (Å²) in [6.45, 7) is 1.40. The number of carbonyl (C=O) groups is 1. The number of nitrogens with zero attached hydrogens (tertiary/aromatic N) is 1. The van der Waals surface area contributed by atoms with Crippen molar-refractivity contribution < 1.29 is 9.63 Å². The van der Waals surface area contributed by atoms with Crippen LogP contribution in [0.2, 0.25) is 0 Å². The second-order valence-electron chi connectivity index (χ2n) is 4.10. The molecule has 1 aromatic carbocycles. The quantitative estimate of drug-likeness (QED) is 0.727. The van der Waals surface area contributed by atoms with E-state index in [0.717, 1.165) is 37.7 Å². The van der Waals surface area contributed by atoms with Gasteiger partial charge in [0.25, 0.3) is 0 Å². The van der Waals surface area contributed by atoms with Crippen molar-refractivity contribution in [2.75, 3.05) is 6.54 Å². The molecule has 1 aliphatic rings. The fourth-order valence-corrected chi connectivity index (χ4v) is 1.96. The predicted molar refractivity (Wildman–Crippen MR) is 61.6 cm³/mol.